The number of nitrogens with one attached hydrogen (secondary N) is 2. The van der Waals surface area contributed by atoms with Gasteiger partial charge in [-0.3, -0.25) is 4.98 Å². The Labute approximate surface area is 191 Å². The van der Waals surface area contributed by atoms with E-state index in [-0.39, 0.29) is 23.5 Å². The molecule has 0 atom stereocenters. The molecule has 2 N–H and O–H groups in total. The number of methoxy groups -OCH3 is 1. The van der Waals surface area contributed by atoms with E-state index in [4.69, 9.17) is 4.74 Å². The van der Waals surface area contributed by atoms with Crippen molar-refractivity contribution in [3.63, 3.8) is 0 Å². The molecule has 2 amide bonds. The van der Waals surface area contributed by atoms with E-state index in [0.717, 1.165) is 29.1 Å². The minimum atomic E-state index is -3.03. The summed E-state index contributed by atoms with van der Waals surface area (Å²) in [6.45, 7) is 4.04. The number of anilines is 2. The van der Waals surface area contributed by atoms with Crippen molar-refractivity contribution in [2.75, 3.05) is 30.4 Å². The van der Waals surface area contributed by atoms with Crippen molar-refractivity contribution >= 4 is 28.3 Å². The number of aromatic nitrogens is 2. The number of urea groups is 1. The number of fused-ring (bicyclic) bond motifs is 1. The van der Waals surface area contributed by atoms with Crippen molar-refractivity contribution in [2.45, 2.75) is 38.7 Å². The minimum Gasteiger partial charge on any atom is -0.481 e. The molecule has 3 heterocycles. The third-order valence-electron chi connectivity index (χ3n) is 5.92. The highest BCUT2D eigenvalue weighted by atomic mass is 19.3. The maximum Gasteiger partial charge on any atom is 0.319 e. The fourth-order valence-electron chi connectivity index (χ4n) is 4.16. The molecular formula is C24H27F2N5O2. The predicted molar refractivity (Wildman–Crippen MR) is 124 cm³/mol. The summed E-state index contributed by atoms with van der Waals surface area (Å²) in [5.74, 6) is -2.51. The molecule has 1 aromatic carbocycles. The first-order chi connectivity index (χ1) is 15.8. The van der Waals surface area contributed by atoms with Crippen molar-refractivity contribution in [3.05, 3.63) is 53.9 Å². The Morgan fingerprint density at radius 3 is 2.61 bits per heavy atom. The monoisotopic (exact) mass is 455 g/mol. The summed E-state index contributed by atoms with van der Waals surface area (Å²) in [5.41, 5.74) is 1.41. The molecule has 0 spiro atoms. The van der Waals surface area contributed by atoms with Gasteiger partial charge in [-0.05, 0) is 44.0 Å². The van der Waals surface area contributed by atoms with Crippen molar-refractivity contribution < 1.29 is 18.3 Å². The molecule has 33 heavy (non-hydrogen) atoms. The maximum absolute atomic E-state index is 13.7. The summed E-state index contributed by atoms with van der Waals surface area (Å²) >= 11 is 0. The third kappa shape index (κ3) is 4.97. The lowest BCUT2D eigenvalue weighted by Crippen LogP contribution is -2.46. The van der Waals surface area contributed by atoms with Crippen LogP contribution in [0.15, 0.2) is 42.6 Å². The predicted octanol–water partition coefficient (Wildman–Crippen LogP) is 4.85. The number of alkyl halides is 2. The van der Waals surface area contributed by atoms with Crippen LogP contribution in [-0.2, 0) is 5.92 Å². The van der Waals surface area contributed by atoms with Gasteiger partial charge in [0.15, 0.2) is 0 Å². The van der Waals surface area contributed by atoms with Gasteiger partial charge in [0, 0.05) is 48.7 Å². The fraction of sp³-hybridized carbons (Fsp3) is 0.375. The Bertz CT molecular complexity index is 1160. The highest BCUT2D eigenvalue weighted by Gasteiger charge is 2.30. The van der Waals surface area contributed by atoms with Gasteiger partial charge in [0.25, 0.3) is 5.92 Å². The summed E-state index contributed by atoms with van der Waals surface area (Å²) in [7, 11) is 1.34. The third-order valence-corrected chi connectivity index (χ3v) is 5.92. The molecule has 7 nitrogen and oxygen atoms in total. The number of hydrogen-bond donors (Lipinski definition) is 2. The summed E-state index contributed by atoms with van der Waals surface area (Å²) in [6.07, 6.45) is 3.15. The van der Waals surface area contributed by atoms with Crippen LogP contribution in [0.3, 0.4) is 0 Å². The fourth-order valence-corrected chi connectivity index (χ4v) is 4.16. The first-order valence-electron chi connectivity index (χ1n) is 10.9. The number of rotatable bonds is 5. The van der Waals surface area contributed by atoms with Crippen LogP contribution in [0.4, 0.5) is 25.1 Å². The lowest BCUT2D eigenvalue weighted by molar-refractivity contribution is 0.0145. The standard InChI is InChI=1S/C24H27F2N5O2/c1-15-17-5-4-6-20(18(17)9-12-27-15)29-23(32)28-16-10-13-31(14-11-16)21-8-7-19(24(2,25)26)22(30-21)33-3/h4-9,12,16H,10-11,13-14H2,1-3H3,(H2,28,29,32). The first kappa shape index (κ1) is 22.7. The van der Waals surface area contributed by atoms with E-state index < -0.39 is 5.92 Å². The summed E-state index contributed by atoms with van der Waals surface area (Å²) < 4.78 is 32.5. The highest BCUT2D eigenvalue weighted by molar-refractivity contribution is 6.02. The van der Waals surface area contributed by atoms with Gasteiger partial charge in [-0.2, -0.15) is 4.98 Å². The number of amides is 2. The molecule has 0 radical (unpaired) electrons. The Kier molecular flexibility index (Phi) is 6.31. The molecule has 174 valence electrons. The first-order valence-corrected chi connectivity index (χ1v) is 10.9. The van der Waals surface area contributed by atoms with Crippen LogP contribution in [0.5, 0.6) is 5.88 Å². The van der Waals surface area contributed by atoms with Gasteiger partial charge in [-0.1, -0.05) is 12.1 Å². The van der Waals surface area contributed by atoms with Gasteiger partial charge in [-0.15, -0.1) is 0 Å². The molecule has 0 aliphatic carbocycles. The molecule has 9 heteroatoms. The molecule has 3 aromatic rings. The molecule has 1 aliphatic rings. The zero-order valence-corrected chi connectivity index (χ0v) is 18.9. The number of piperidine rings is 1. The summed E-state index contributed by atoms with van der Waals surface area (Å²) in [4.78, 5) is 23.2. The van der Waals surface area contributed by atoms with Gasteiger partial charge < -0.3 is 20.3 Å². The normalized spacial score (nSPS) is 14.9. The van der Waals surface area contributed by atoms with Crippen LogP contribution in [0.1, 0.15) is 31.0 Å². The van der Waals surface area contributed by atoms with Crippen molar-refractivity contribution in [2.24, 2.45) is 0 Å². The van der Waals surface area contributed by atoms with E-state index in [1.165, 1.54) is 13.2 Å². The Morgan fingerprint density at radius 1 is 1.15 bits per heavy atom. The van der Waals surface area contributed by atoms with Gasteiger partial charge in [0.2, 0.25) is 5.88 Å². The molecule has 0 saturated carbocycles. The van der Waals surface area contributed by atoms with E-state index in [1.807, 2.05) is 36.1 Å². The Morgan fingerprint density at radius 2 is 1.91 bits per heavy atom. The van der Waals surface area contributed by atoms with E-state index in [2.05, 4.69) is 20.6 Å². The molecule has 1 saturated heterocycles. The smallest absolute Gasteiger partial charge is 0.319 e. The number of carbonyl (C=O) groups is 1. The molecule has 1 fully saturated rings. The summed E-state index contributed by atoms with van der Waals surface area (Å²) in [5, 5.41) is 7.92. The molecule has 2 aromatic heterocycles. The van der Waals surface area contributed by atoms with Crippen LogP contribution in [0, 0.1) is 6.92 Å². The lowest BCUT2D eigenvalue weighted by Gasteiger charge is -2.33. The van der Waals surface area contributed by atoms with Gasteiger partial charge >= 0.3 is 6.03 Å². The number of ether oxygens (including phenoxy) is 1. The minimum absolute atomic E-state index is 0.000716. The molecule has 0 bridgehead atoms. The number of hydrogen-bond acceptors (Lipinski definition) is 5. The van der Waals surface area contributed by atoms with E-state index >= 15 is 0 Å². The zero-order chi connectivity index (χ0) is 23.6. The maximum atomic E-state index is 13.7. The van der Waals surface area contributed by atoms with Crippen molar-refractivity contribution in [1.82, 2.24) is 15.3 Å². The van der Waals surface area contributed by atoms with Gasteiger partial charge in [0.05, 0.1) is 18.4 Å². The number of carbonyl (C=O) groups excluding carboxylic acids is 1. The number of benzene rings is 1. The number of nitrogens with zero attached hydrogens (tertiary/aromatic N) is 3. The Hall–Kier alpha value is -3.49. The topological polar surface area (TPSA) is 79.4 Å². The summed E-state index contributed by atoms with van der Waals surface area (Å²) in [6, 6.07) is 10.3. The molecule has 1 aliphatic heterocycles. The second-order valence-electron chi connectivity index (χ2n) is 8.27. The van der Waals surface area contributed by atoms with Crippen LogP contribution >= 0.6 is 0 Å². The van der Waals surface area contributed by atoms with E-state index in [0.29, 0.717) is 31.7 Å². The number of pyridine rings is 2. The quantitative estimate of drug-likeness (QED) is 0.575. The second-order valence-corrected chi connectivity index (χ2v) is 8.27. The second kappa shape index (κ2) is 9.17. The average molecular weight is 456 g/mol. The van der Waals surface area contributed by atoms with Crippen molar-refractivity contribution in [3.8, 4) is 5.88 Å². The van der Waals surface area contributed by atoms with E-state index in [1.54, 1.807) is 12.3 Å². The molecule has 0 unspecified atom stereocenters. The van der Waals surface area contributed by atoms with Gasteiger partial charge in [0.1, 0.15) is 5.82 Å². The lowest BCUT2D eigenvalue weighted by atomic mass is 10.0. The molecular weight excluding hydrogens is 428 g/mol. The largest absolute Gasteiger partial charge is 0.481 e. The SMILES string of the molecule is COc1nc(N2CCC(NC(=O)Nc3cccc4c(C)nccc34)CC2)ccc1C(C)(F)F. The molecule has 4 rings (SSSR count). The van der Waals surface area contributed by atoms with Crippen LogP contribution in [-0.4, -0.2) is 42.2 Å². The van der Waals surface area contributed by atoms with Crippen molar-refractivity contribution in [1.29, 1.82) is 0 Å². The highest BCUT2D eigenvalue weighted by Crippen LogP contribution is 2.35. The Balaban J connectivity index is 1.36. The van der Waals surface area contributed by atoms with E-state index in [9.17, 15) is 13.6 Å². The van der Waals surface area contributed by atoms with Crippen LogP contribution in [0.25, 0.3) is 10.8 Å². The number of aryl methyl sites for hydroxylation is 1. The van der Waals surface area contributed by atoms with Crippen LogP contribution in [0.2, 0.25) is 0 Å². The number of halogens is 2. The van der Waals surface area contributed by atoms with Gasteiger partial charge in [-0.25, -0.2) is 13.6 Å². The van der Waals surface area contributed by atoms with Crippen LogP contribution < -0.4 is 20.3 Å². The average Bonchev–Trinajstić information content (AvgIpc) is 2.79. The zero-order valence-electron chi connectivity index (χ0n) is 18.9.